The summed E-state index contributed by atoms with van der Waals surface area (Å²) >= 11 is 6.70. The third kappa shape index (κ3) is 12.3. The second-order valence-corrected chi connectivity index (χ2v) is 20.5. The Kier molecular flexibility index (Phi) is 16.1. The van der Waals surface area contributed by atoms with E-state index in [9.17, 15) is 57.9 Å². The number of fused-ring (bicyclic) bond motifs is 1. The lowest BCUT2D eigenvalue weighted by atomic mass is 9.93. The van der Waals surface area contributed by atoms with Crippen molar-refractivity contribution in [3.05, 3.63) is 87.3 Å². The molecule has 5 rings (SSSR count). The predicted octanol–water partition coefficient (Wildman–Crippen LogP) is 8.28. The van der Waals surface area contributed by atoms with Gasteiger partial charge in [0.15, 0.2) is 5.82 Å². The maximum absolute atomic E-state index is 15.0. The number of aromatic nitrogens is 3. The van der Waals surface area contributed by atoms with E-state index in [-0.39, 0.29) is 33.1 Å². The highest BCUT2D eigenvalue weighted by Gasteiger charge is 2.48. The number of carbonyl (C=O) groups excluding carboxylic acids is 3. The SMILES string of the molecule is CN(C(=O)N(c1nn(CC(F)(F)F)c2c(-c3ccc(C#CC(C)(C)S(C)=O)nc3C(Cc3cc(F)cc(F)c3)NC(=O)CN=C3/C(=C(\N)C(F)(F)F)CCC3(F)F)ccc(Cl)c12)S(C)=O)C(C)(C)C=O. The van der Waals surface area contributed by atoms with Crippen LogP contribution in [0.4, 0.5) is 54.5 Å². The van der Waals surface area contributed by atoms with Crippen molar-refractivity contribution in [1.29, 1.82) is 0 Å². The highest BCUT2D eigenvalue weighted by Crippen LogP contribution is 2.43. The van der Waals surface area contributed by atoms with E-state index < -0.39 is 146 Å². The van der Waals surface area contributed by atoms with Gasteiger partial charge in [-0.25, -0.2) is 22.8 Å². The van der Waals surface area contributed by atoms with Crippen molar-refractivity contribution in [2.45, 2.75) is 88.1 Å². The molecule has 26 heteroatoms. The number of likely N-dealkylation sites (N-methyl/N-ethyl adjacent to an activating group) is 1. The summed E-state index contributed by atoms with van der Waals surface area (Å²) in [5, 5.41) is 5.81. The number of benzene rings is 2. The van der Waals surface area contributed by atoms with E-state index in [1.165, 1.54) is 58.2 Å². The summed E-state index contributed by atoms with van der Waals surface area (Å²) in [7, 11) is -2.81. The lowest BCUT2D eigenvalue weighted by molar-refractivity contribution is -0.141. The van der Waals surface area contributed by atoms with Crippen LogP contribution in [0.2, 0.25) is 5.02 Å². The first kappa shape index (κ1) is 55.1. The number of nitrogens with zero attached hydrogens (tertiary/aromatic N) is 6. The number of aliphatic imine (C=N–C) groups is 1. The zero-order valence-corrected chi connectivity index (χ0v) is 40.4. The number of carbonyl (C=O) groups is 3. The Bertz CT molecular complexity index is 2910. The third-order valence-electron chi connectivity index (χ3n) is 11.0. The molecule has 2 aromatic carbocycles. The summed E-state index contributed by atoms with van der Waals surface area (Å²) in [5.41, 5.74) is -2.24. The molecule has 1 saturated carbocycles. The number of anilines is 1. The van der Waals surface area contributed by atoms with E-state index in [1.54, 1.807) is 0 Å². The van der Waals surface area contributed by atoms with Crippen LogP contribution < -0.4 is 15.4 Å². The van der Waals surface area contributed by atoms with Crippen molar-refractivity contribution in [3.8, 4) is 23.0 Å². The lowest BCUT2D eigenvalue weighted by Crippen LogP contribution is -2.52. The summed E-state index contributed by atoms with van der Waals surface area (Å²) in [6.45, 7) is 2.57. The van der Waals surface area contributed by atoms with Crippen molar-refractivity contribution < 1.29 is 66.7 Å². The Morgan fingerprint density at radius 3 is 2.19 bits per heavy atom. The summed E-state index contributed by atoms with van der Waals surface area (Å²) in [6, 6.07) is 4.29. The molecular weight excluding hydrogens is 1010 g/mol. The van der Waals surface area contributed by atoms with Crippen LogP contribution in [0, 0.1) is 23.5 Å². The van der Waals surface area contributed by atoms with Gasteiger partial charge in [-0.1, -0.05) is 23.6 Å². The second kappa shape index (κ2) is 20.5. The monoisotopic (exact) mass is 1050 g/mol. The summed E-state index contributed by atoms with van der Waals surface area (Å²) in [4.78, 5) is 48.8. The number of urea groups is 1. The van der Waals surface area contributed by atoms with Crippen molar-refractivity contribution >= 4 is 74.0 Å². The molecule has 378 valence electrons. The van der Waals surface area contributed by atoms with E-state index in [4.69, 9.17) is 17.3 Å². The normalized spacial score (nSPS) is 16.9. The summed E-state index contributed by atoms with van der Waals surface area (Å²) < 4.78 is 169. The molecule has 2 heterocycles. The minimum Gasteiger partial charge on any atom is -0.394 e. The molecule has 3 atom stereocenters. The van der Waals surface area contributed by atoms with Crippen LogP contribution in [0.5, 0.6) is 0 Å². The van der Waals surface area contributed by atoms with Crippen LogP contribution in [0.3, 0.4) is 0 Å². The van der Waals surface area contributed by atoms with Crippen molar-refractivity contribution in [1.82, 2.24) is 25.0 Å². The number of nitrogens with one attached hydrogen (secondary N) is 1. The number of amides is 3. The highest BCUT2D eigenvalue weighted by atomic mass is 35.5. The Morgan fingerprint density at radius 1 is 1.01 bits per heavy atom. The van der Waals surface area contributed by atoms with Gasteiger partial charge in [-0.2, -0.15) is 44.5 Å². The minimum absolute atomic E-state index is 0.140. The molecule has 1 aliphatic rings. The molecule has 4 aromatic rings. The van der Waals surface area contributed by atoms with E-state index >= 15 is 8.78 Å². The fourth-order valence-corrected chi connectivity index (χ4v) is 8.11. The van der Waals surface area contributed by atoms with Gasteiger partial charge in [-0.05, 0) is 82.4 Å². The largest absolute Gasteiger partial charge is 0.431 e. The molecule has 13 nitrogen and oxygen atoms in total. The molecule has 2 aromatic heterocycles. The number of hydrogen-bond donors (Lipinski definition) is 2. The first-order valence-corrected chi connectivity index (χ1v) is 23.9. The smallest absolute Gasteiger partial charge is 0.394 e. The topological polar surface area (TPSA) is 173 Å². The molecule has 0 radical (unpaired) electrons. The zero-order valence-electron chi connectivity index (χ0n) is 38.0. The van der Waals surface area contributed by atoms with Gasteiger partial charge >= 0.3 is 18.4 Å². The first-order chi connectivity index (χ1) is 32.2. The molecule has 70 heavy (non-hydrogen) atoms. The number of rotatable bonds is 13. The first-order valence-electron chi connectivity index (χ1n) is 20.4. The average molecular weight is 1050 g/mol. The molecule has 3 unspecified atom stereocenters. The number of hydrogen-bond acceptors (Lipinski definition) is 9. The van der Waals surface area contributed by atoms with Crippen LogP contribution in [0.25, 0.3) is 22.0 Å². The van der Waals surface area contributed by atoms with Gasteiger partial charge in [-0.3, -0.25) is 18.7 Å². The number of aldehydes is 1. The molecule has 1 aliphatic carbocycles. The molecule has 1 fully saturated rings. The molecule has 0 bridgehead atoms. The molecule has 3 amide bonds. The molecule has 3 N–H and O–H groups in total. The fourth-order valence-electron chi connectivity index (χ4n) is 6.97. The number of halogens is 11. The molecule has 0 saturated heterocycles. The average Bonchev–Trinajstić information content (AvgIpc) is 3.75. The van der Waals surface area contributed by atoms with E-state index in [0.717, 1.165) is 30.3 Å². The van der Waals surface area contributed by atoms with Crippen molar-refractivity contribution in [2.24, 2.45) is 10.7 Å². The molecule has 0 spiro atoms. The van der Waals surface area contributed by atoms with Crippen LogP contribution in [0.15, 0.2) is 58.7 Å². The number of alkyl halides is 8. The number of nitrogens with two attached hydrogens (primary N) is 1. The highest BCUT2D eigenvalue weighted by molar-refractivity contribution is 7.86. The standard InChI is InChI=1S/C44H43ClF10N8O5S2/c1-40(2,22-64)61(5)39(66)63(70(7)68)38-33-30(45)11-10-28(35(33)62(60-38)21-43(50,51)52)27-9-8-26(12-14-41(3,4)69(6)67)58-34(27)31(18-23-16-24(46)19-25(47)17-23)59-32(65)20-57-37-29(13-15-42(37,48)49)36(56)44(53,54)55/h8-11,16-17,19,22,31H,13,15,18,20-21,56H2,1-7H3,(H,59,65)/b36-29-,57-37?. The zero-order chi connectivity index (χ0) is 52.6. The van der Waals surface area contributed by atoms with Gasteiger partial charge in [0.05, 0.1) is 33.2 Å². The summed E-state index contributed by atoms with van der Waals surface area (Å²) in [5.74, 6) is -2.57. The van der Waals surface area contributed by atoms with Gasteiger partial charge in [0.2, 0.25) is 5.91 Å². The van der Waals surface area contributed by atoms with Gasteiger partial charge < -0.3 is 20.7 Å². The predicted molar refractivity (Wildman–Crippen MR) is 244 cm³/mol. The van der Waals surface area contributed by atoms with Crippen LogP contribution in [0.1, 0.15) is 63.5 Å². The Labute approximate surface area is 403 Å². The van der Waals surface area contributed by atoms with Gasteiger partial charge in [0.1, 0.15) is 63.8 Å². The minimum atomic E-state index is -5.24. The molecular formula is C44H43ClF10N8O5S2. The summed E-state index contributed by atoms with van der Waals surface area (Å²) in [6.07, 6.45) is -10.1. The maximum Gasteiger partial charge on any atom is 0.431 e. The third-order valence-corrected chi connectivity index (χ3v) is 13.7. The Hall–Kier alpha value is -5.87. The van der Waals surface area contributed by atoms with Crippen molar-refractivity contribution in [2.75, 3.05) is 30.4 Å². The van der Waals surface area contributed by atoms with E-state index in [0.29, 0.717) is 21.3 Å². The Balaban J connectivity index is 1.85. The maximum atomic E-state index is 15.0. The van der Waals surface area contributed by atoms with Gasteiger partial charge in [-0.15, -0.1) is 0 Å². The van der Waals surface area contributed by atoms with E-state index in [1.807, 2.05) is 0 Å². The van der Waals surface area contributed by atoms with Crippen LogP contribution in [-0.4, -0.2) is 107 Å². The van der Waals surface area contributed by atoms with Gasteiger partial charge in [0.25, 0.3) is 5.92 Å². The van der Waals surface area contributed by atoms with Crippen LogP contribution in [-0.2, 0) is 44.3 Å². The second-order valence-electron chi connectivity index (χ2n) is 17.0. The number of allylic oxidation sites excluding steroid dienone is 2. The van der Waals surface area contributed by atoms with Crippen molar-refractivity contribution in [3.63, 3.8) is 0 Å². The quantitative estimate of drug-likeness (QED) is 0.0765. The Morgan fingerprint density at radius 2 is 1.63 bits per heavy atom. The number of pyridine rings is 1. The lowest BCUT2D eigenvalue weighted by Gasteiger charge is -2.33. The van der Waals surface area contributed by atoms with Gasteiger partial charge in [0, 0.05) is 59.5 Å². The molecule has 0 aliphatic heterocycles. The van der Waals surface area contributed by atoms with E-state index in [2.05, 4.69) is 32.2 Å². The van der Waals surface area contributed by atoms with Crippen LogP contribution >= 0.6 is 11.6 Å². The fraction of sp³-hybridized carbons (Fsp3) is 0.409.